The Morgan fingerprint density at radius 2 is 2.00 bits per heavy atom. The molecule has 1 N–H and O–H groups in total. The van der Waals surface area contributed by atoms with E-state index in [0.717, 1.165) is 23.9 Å². The molecule has 2 heterocycles. The van der Waals surface area contributed by atoms with Gasteiger partial charge in [0.05, 0.1) is 0 Å². The molecule has 1 saturated carbocycles. The van der Waals surface area contributed by atoms with Crippen LogP contribution >= 0.6 is 0 Å². The summed E-state index contributed by atoms with van der Waals surface area (Å²) >= 11 is 0. The smallest absolute Gasteiger partial charge is 0.0140 e. The predicted molar refractivity (Wildman–Crippen MR) is 62.9 cm³/mol. The van der Waals surface area contributed by atoms with Crippen LogP contribution in [-0.4, -0.2) is 36.6 Å². The van der Waals surface area contributed by atoms with Crippen molar-refractivity contribution in [1.29, 1.82) is 0 Å². The molecule has 0 radical (unpaired) electrons. The van der Waals surface area contributed by atoms with E-state index in [9.17, 15) is 0 Å². The van der Waals surface area contributed by atoms with Crippen LogP contribution < -0.4 is 5.32 Å². The largest absolute Gasteiger partial charge is 0.316 e. The third kappa shape index (κ3) is 1.62. The molecule has 2 nitrogen and oxygen atoms in total. The van der Waals surface area contributed by atoms with Crippen LogP contribution in [0.5, 0.6) is 0 Å². The zero-order valence-corrected chi connectivity index (χ0v) is 9.91. The second kappa shape index (κ2) is 4.06. The van der Waals surface area contributed by atoms with Crippen molar-refractivity contribution in [2.45, 2.75) is 51.1 Å². The van der Waals surface area contributed by atoms with Crippen LogP contribution in [0, 0.1) is 11.8 Å². The van der Waals surface area contributed by atoms with Crippen LogP contribution in [0.25, 0.3) is 0 Å². The number of nitrogens with one attached hydrogen (secondary N) is 1. The first kappa shape index (κ1) is 10.1. The van der Waals surface area contributed by atoms with Crippen LogP contribution in [0.3, 0.4) is 0 Å². The van der Waals surface area contributed by atoms with E-state index in [-0.39, 0.29) is 0 Å². The Labute approximate surface area is 93.4 Å². The first-order valence-corrected chi connectivity index (χ1v) is 6.86. The van der Waals surface area contributed by atoms with Gasteiger partial charge in [-0.15, -0.1) is 0 Å². The van der Waals surface area contributed by atoms with E-state index < -0.39 is 0 Å². The molecule has 3 aliphatic rings. The average molecular weight is 208 g/mol. The molecule has 3 fully saturated rings. The highest BCUT2D eigenvalue weighted by atomic mass is 15.2. The van der Waals surface area contributed by atoms with Crippen LogP contribution in [0.1, 0.15) is 39.0 Å². The third-order valence-corrected chi connectivity index (χ3v) is 4.97. The SMILES string of the molecule is CCC1C2CNCC2CN1C1CCCC1. The average Bonchev–Trinajstić information content (AvgIpc) is 2.93. The van der Waals surface area contributed by atoms with E-state index in [2.05, 4.69) is 17.1 Å². The summed E-state index contributed by atoms with van der Waals surface area (Å²) in [6.45, 7) is 6.34. The summed E-state index contributed by atoms with van der Waals surface area (Å²) in [6.07, 6.45) is 7.27. The monoisotopic (exact) mass is 208 g/mol. The van der Waals surface area contributed by atoms with Crippen molar-refractivity contribution in [1.82, 2.24) is 10.2 Å². The number of hydrogen-bond acceptors (Lipinski definition) is 2. The summed E-state index contributed by atoms with van der Waals surface area (Å²) in [5.41, 5.74) is 0. The zero-order valence-electron chi connectivity index (χ0n) is 9.91. The maximum Gasteiger partial charge on any atom is 0.0140 e. The minimum atomic E-state index is 0.896. The van der Waals surface area contributed by atoms with Crippen molar-refractivity contribution in [3.8, 4) is 0 Å². The van der Waals surface area contributed by atoms with E-state index in [4.69, 9.17) is 0 Å². The molecular weight excluding hydrogens is 184 g/mol. The Balaban J connectivity index is 1.73. The first-order valence-electron chi connectivity index (χ1n) is 6.86. The lowest BCUT2D eigenvalue weighted by atomic mass is 9.92. The lowest BCUT2D eigenvalue weighted by Gasteiger charge is -2.32. The minimum absolute atomic E-state index is 0.896. The molecule has 0 aromatic heterocycles. The predicted octanol–water partition coefficient (Wildman–Crippen LogP) is 1.86. The molecule has 1 aliphatic carbocycles. The number of rotatable bonds is 2. The quantitative estimate of drug-likeness (QED) is 0.745. The number of likely N-dealkylation sites (tertiary alicyclic amines) is 1. The molecule has 2 heteroatoms. The summed E-state index contributed by atoms with van der Waals surface area (Å²) in [5.74, 6) is 1.94. The molecule has 3 unspecified atom stereocenters. The molecule has 86 valence electrons. The number of hydrogen-bond donors (Lipinski definition) is 1. The Bertz CT molecular complexity index is 223. The molecule has 0 aromatic carbocycles. The van der Waals surface area contributed by atoms with E-state index in [1.807, 2.05) is 0 Å². The normalized spacial score (nSPS) is 42.6. The fourth-order valence-corrected chi connectivity index (χ4v) is 4.25. The van der Waals surface area contributed by atoms with Gasteiger partial charge in [-0.1, -0.05) is 19.8 Å². The third-order valence-electron chi connectivity index (χ3n) is 4.97. The van der Waals surface area contributed by atoms with Gasteiger partial charge in [0.15, 0.2) is 0 Å². The van der Waals surface area contributed by atoms with Crippen molar-refractivity contribution >= 4 is 0 Å². The van der Waals surface area contributed by atoms with Gasteiger partial charge >= 0.3 is 0 Å². The van der Waals surface area contributed by atoms with E-state index in [0.29, 0.717) is 0 Å². The lowest BCUT2D eigenvalue weighted by Crippen LogP contribution is -2.41. The highest BCUT2D eigenvalue weighted by Crippen LogP contribution is 2.38. The van der Waals surface area contributed by atoms with Crippen LogP contribution in [0.15, 0.2) is 0 Å². The fourth-order valence-electron chi connectivity index (χ4n) is 4.25. The van der Waals surface area contributed by atoms with Crippen molar-refractivity contribution in [2.24, 2.45) is 11.8 Å². The second-order valence-electron chi connectivity index (χ2n) is 5.69. The Kier molecular flexibility index (Phi) is 2.73. The van der Waals surface area contributed by atoms with Gasteiger partial charge in [-0.25, -0.2) is 0 Å². The Hall–Kier alpha value is -0.0800. The molecule has 2 saturated heterocycles. The van der Waals surface area contributed by atoms with Crippen molar-refractivity contribution in [2.75, 3.05) is 19.6 Å². The minimum Gasteiger partial charge on any atom is -0.316 e. The fraction of sp³-hybridized carbons (Fsp3) is 1.00. The molecular formula is C13H24N2. The summed E-state index contributed by atoms with van der Waals surface area (Å²) < 4.78 is 0. The zero-order chi connectivity index (χ0) is 10.3. The molecule has 0 bridgehead atoms. The van der Waals surface area contributed by atoms with Gasteiger partial charge < -0.3 is 5.32 Å². The van der Waals surface area contributed by atoms with E-state index >= 15 is 0 Å². The molecule has 3 rings (SSSR count). The molecule has 0 aromatic rings. The molecule has 2 aliphatic heterocycles. The van der Waals surface area contributed by atoms with E-state index in [1.165, 1.54) is 51.7 Å². The number of nitrogens with zero attached hydrogens (tertiary/aromatic N) is 1. The van der Waals surface area contributed by atoms with Crippen LogP contribution in [-0.2, 0) is 0 Å². The van der Waals surface area contributed by atoms with Gasteiger partial charge in [-0.05, 0) is 44.2 Å². The van der Waals surface area contributed by atoms with E-state index in [1.54, 1.807) is 0 Å². The van der Waals surface area contributed by atoms with Crippen molar-refractivity contribution in [3.63, 3.8) is 0 Å². The highest BCUT2D eigenvalue weighted by Gasteiger charge is 2.45. The van der Waals surface area contributed by atoms with Gasteiger partial charge in [0.2, 0.25) is 0 Å². The topological polar surface area (TPSA) is 15.3 Å². The Morgan fingerprint density at radius 1 is 1.20 bits per heavy atom. The highest BCUT2D eigenvalue weighted by molar-refractivity contribution is 5.00. The number of fused-ring (bicyclic) bond motifs is 1. The van der Waals surface area contributed by atoms with Gasteiger partial charge in [0, 0.05) is 18.6 Å². The summed E-state index contributed by atoms with van der Waals surface area (Å²) in [4.78, 5) is 2.88. The first-order chi connectivity index (χ1) is 7.40. The van der Waals surface area contributed by atoms with Gasteiger partial charge in [-0.2, -0.15) is 0 Å². The standard InChI is InChI=1S/C13H24N2/c1-2-13-12-8-14-7-10(12)9-15(13)11-5-3-4-6-11/h10-14H,2-9H2,1H3. The molecule has 3 atom stereocenters. The lowest BCUT2D eigenvalue weighted by molar-refractivity contribution is 0.156. The van der Waals surface area contributed by atoms with Gasteiger partial charge in [-0.3, -0.25) is 4.90 Å². The summed E-state index contributed by atoms with van der Waals surface area (Å²) in [7, 11) is 0. The van der Waals surface area contributed by atoms with Crippen LogP contribution in [0.2, 0.25) is 0 Å². The maximum absolute atomic E-state index is 3.57. The molecule has 15 heavy (non-hydrogen) atoms. The molecule has 0 amide bonds. The van der Waals surface area contributed by atoms with Crippen molar-refractivity contribution in [3.05, 3.63) is 0 Å². The Morgan fingerprint density at radius 3 is 2.73 bits per heavy atom. The maximum atomic E-state index is 3.57. The van der Waals surface area contributed by atoms with Gasteiger partial charge in [0.1, 0.15) is 0 Å². The summed E-state index contributed by atoms with van der Waals surface area (Å²) in [5, 5.41) is 3.57. The van der Waals surface area contributed by atoms with Crippen LogP contribution in [0.4, 0.5) is 0 Å². The second-order valence-corrected chi connectivity index (χ2v) is 5.69. The van der Waals surface area contributed by atoms with Crippen molar-refractivity contribution < 1.29 is 0 Å². The summed E-state index contributed by atoms with van der Waals surface area (Å²) in [6, 6.07) is 1.84. The van der Waals surface area contributed by atoms with Gasteiger partial charge in [0.25, 0.3) is 0 Å². The molecule has 0 spiro atoms.